The van der Waals surface area contributed by atoms with Crippen molar-refractivity contribution in [1.82, 2.24) is 4.98 Å². The van der Waals surface area contributed by atoms with Crippen molar-refractivity contribution in [3.63, 3.8) is 0 Å². The van der Waals surface area contributed by atoms with E-state index in [1.54, 1.807) is 24.3 Å². The third-order valence-electron chi connectivity index (χ3n) is 2.41. The van der Waals surface area contributed by atoms with Crippen molar-refractivity contribution in [2.24, 2.45) is 5.10 Å². The summed E-state index contributed by atoms with van der Waals surface area (Å²) in [5.74, 6) is -1.10. The maximum atomic E-state index is 10.6. The number of aromatic nitrogens is 1. The summed E-state index contributed by atoms with van der Waals surface area (Å²) in [6.45, 7) is 0. The Balaban J connectivity index is 1.92. The van der Waals surface area contributed by atoms with E-state index in [4.69, 9.17) is 5.11 Å². The Labute approximate surface area is 128 Å². The molecule has 0 saturated heterocycles. The van der Waals surface area contributed by atoms with Crippen LogP contribution < -0.4 is 5.43 Å². The van der Waals surface area contributed by atoms with Crippen LogP contribution in [0.15, 0.2) is 40.8 Å². The molecule has 0 aliphatic rings. The first-order valence-corrected chi connectivity index (χ1v) is 6.83. The third kappa shape index (κ3) is 4.21. The fraction of sp³-hybridized carbons (Fsp3) is 0. The molecule has 0 aliphatic heterocycles. The van der Waals surface area contributed by atoms with Crippen LogP contribution in [0.5, 0.6) is 0 Å². The smallest absolute Gasteiger partial charge is 0.355 e. The predicted octanol–water partition coefficient (Wildman–Crippen LogP) is 2.86. The minimum Gasteiger partial charge on any atom is -0.476 e. The number of hydrazone groups is 1. The van der Waals surface area contributed by atoms with E-state index in [1.807, 2.05) is 0 Å². The summed E-state index contributed by atoms with van der Waals surface area (Å²) in [6.07, 6.45) is 4.68. The highest BCUT2D eigenvalue weighted by Crippen LogP contribution is 2.15. The summed E-state index contributed by atoms with van der Waals surface area (Å²) >= 11 is 1.12. The number of hydrogen-bond donors (Lipinski definition) is 2. The molecule has 9 heteroatoms. The van der Waals surface area contributed by atoms with E-state index in [0.717, 1.165) is 11.3 Å². The van der Waals surface area contributed by atoms with Gasteiger partial charge in [-0.05, 0) is 11.6 Å². The zero-order chi connectivity index (χ0) is 15.9. The highest BCUT2D eigenvalue weighted by atomic mass is 32.1. The van der Waals surface area contributed by atoms with Crippen LogP contribution in [0.4, 0.5) is 10.8 Å². The number of aromatic carboxylic acids is 1. The van der Waals surface area contributed by atoms with Crippen LogP contribution in [-0.4, -0.2) is 27.2 Å². The van der Waals surface area contributed by atoms with Crippen LogP contribution in [0.3, 0.4) is 0 Å². The lowest BCUT2D eigenvalue weighted by molar-refractivity contribution is -0.384. The molecule has 0 aliphatic carbocycles. The summed E-state index contributed by atoms with van der Waals surface area (Å²) in [5.41, 5.74) is 3.23. The second-order valence-corrected chi connectivity index (χ2v) is 4.80. The van der Waals surface area contributed by atoms with Gasteiger partial charge in [-0.2, -0.15) is 5.10 Å². The monoisotopic (exact) mass is 318 g/mol. The summed E-state index contributed by atoms with van der Waals surface area (Å²) in [5, 5.41) is 25.0. The van der Waals surface area contributed by atoms with Crippen LogP contribution in [0.1, 0.15) is 16.1 Å². The van der Waals surface area contributed by atoms with E-state index in [-0.39, 0.29) is 11.4 Å². The molecule has 2 aromatic rings. The lowest BCUT2D eigenvalue weighted by atomic mass is 10.2. The van der Waals surface area contributed by atoms with Crippen molar-refractivity contribution in [2.45, 2.75) is 0 Å². The van der Waals surface area contributed by atoms with E-state index in [1.165, 1.54) is 23.7 Å². The number of carboxylic acids is 1. The summed E-state index contributed by atoms with van der Waals surface area (Å²) < 4.78 is 0. The number of nitrogens with one attached hydrogen (secondary N) is 1. The zero-order valence-corrected chi connectivity index (χ0v) is 11.9. The zero-order valence-electron chi connectivity index (χ0n) is 11.0. The molecule has 0 bridgehead atoms. The van der Waals surface area contributed by atoms with E-state index >= 15 is 0 Å². The topological polar surface area (TPSA) is 118 Å². The van der Waals surface area contributed by atoms with E-state index in [2.05, 4.69) is 15.5 Å². The first kappa shape index (κ1) is 15.3. The van der Waals surface area contributed by atoms with Gasteiger partial charge in [-0.1, -0.05) is 18.2 Å². The van der Waals surface area contributed by atoms with Crippen molar-refractivity contribution in [3.05, 3.63) is 57.1 Å². The third-order valence-corrected chi connectivity index (χ3v) is 3.16. The molecule has 0 saturated carbocycles. The second kappa shape index (κ2) is 7.09. The van der Waals surface area contributed by atoms with E-state index < -0.39 is 10.9 Å². The van der Waals surface area contributed by atoms with Gasteiger partial charge >= 0.3 is 5.97 Å². The van der Waals surface area contributed by atoms with E-state index in [0.29, 0.717) is 10.7 Å². The molecule has 22 heavy (non-hydrogen) atoms. The molecule has 0 unspecified atom stereocenters. The van der Waals surface area contributed by atoms with Gasteiger partial charge in [0.05, 0.1) is 4.92 Å². The normalized spacial score (nSPS) is 11.1. The van der Waals surface area contributed by atoms with Gasteiger partial charge in [0, 0.05) is 23.7 Å². The summed E-state index contributed by atoms with van der Waals surface area (Å²) in [6, 6.07) is 6.17. The highest BCUT2D eigenvalue weighted by Gasteiger charge is 2.07. The molecule has 1 aromatic carbocycles. The maximum Gasteiger partial charge on any atom is 0.355 e. The molecule has 1 heterocycles. The van der Waals surface area contributed by atoms with Crippen molar-refractivity contribution in [2.75, 3.05) is 5.43 Å². The Morgan fingerprint density at radius 2 is 2.32 bits per heavy atom. The van der Waals surface area contributed by atoms with Gasteiger partial charge in [-0.15, -0.1) is 11.3 Å². The molecule has 8 nitrogen and oxygen atoms in total. The molecule has 112 valence electrons. The highest BCUT2D eigenvalue weighted by molar-refractivity contribution is 7.13. The molecule has 0 spiro atoms. The Morgan fingerprint density at radius 3 is 3.00 bits per heavy atom. The number of thiazole rings is 1. The number of allylic oxidation sites excluding steroid dienone is 1. The van der Waals surface area contributed by atoms with Crippen molar-refractivity contribution >= 4 is 40.4 Å². The van der Waals surface area contributed by atoms with Gasteiger partial charge in [0.1, 0.15) is 0 Å². The average molecular weight is 318 g/mol. The van der Waals surface area contributed by atoms with Crippen molar-refractivity contribution in [1.29, 1.82) is 0 Å². The summed E-state index contributed by atoms with van der Waals surface area (Å²) in [4.78, 5) is 24.6. The number of nitro benzene ring substituents is 1. The van der Waals surface area contributed by atoms with Gasteiger partial charge in [0.15, 0.2) is 5.69 Å². The van der Waals surface area contributed by atoms with Crippen molar-refractivity contribution < 1.29 is 14.8 Å². The summed E-state index contributed by atoms with van der Waals surface area (Å²) in [7, 11) is 0. The quantitative estimate of drug-likeness (QED) is 0.480. The lowest BCUT2D eigenvalue weighted by Gasteiger charge is -1.93. The van der Waals surface area contributed by atoms with Gasteiger partial charge < -0.3 is 5.11 Å². The molecule has 0 fully saturated rings. The Morgan fingerprint density at radius 1 is 1.50 bits per heavy atom. The number of nitro groups is 1. The number of nitrogens with zero attached hydrogens (tertiary/aromatic N) is 3. The Hall–Kier alpha value is -3.07. The van der Waals surface area contributed by atoms with Gasteiger partial charge in [-0.25, -0.2) is 9.78 Å². The number of anilines is 1. The van der Waals surface area contributed by atoms with Crippen LogP contribution in [-0.2, 0) is 0 Å². The van der Waals surface area contributed by atoms with Crippen molar-refractivity contribution in [3.8, 4) is 0 Å². The van der Waals surface area contributed by atoms with Crippen LogP contribution in [0.25, 0.3) is 6.08 Å². The lowest BCUT2D eigenvalue weighted by Crippen LogP contribution is -1.96. The minimum atomic E-state index is -1.10. The first-order valence-electron chi connectivity index (χ1n) is 5.95. The average Bonchev–Trinajstić information content (AvgIpc) is 2.96. The molecule has 1 aromatic heterocycles. The predicted molar refractivity (Wildman–Crippen MR) is 83.3 cm³/mol. The standard InChI is InChI=1S/C13H10N4O4S/c18-12(19)11-8-22-13(15-11)16-14-6-2-4-9-3-1-5-10(7-9)17(20)21/h1-8H,(H,15,16)(H,18,19)/b4-2+,14-6+. The molecule has 2 N–H and O–H groups in total. The molecule has 2 rings (SSSR count). The largest absolute Gasteiger partial charge is 0.476 e. The Kier molecular flexibility index (Phi) is 4.94. The molecular formula is C13H10N4O4S. The minimum absolute atomic E-state index is 0.0150. The SMILES string of the molecule is O=C(O)c1csc(N/N=C/C=C/c2cccc([N+](=O)[O-])c2)n1. The molecule has 0 atom stereocenters. The fourth-order valence-electron chi connectivity index (χ4n) is 1.46. The van der Waals surface area contributed by atoms with Crippen LogP contribution >= 0.6 is 11.3 Å². The number of hydrogen-bond acceptors (Lipinski definition) is 7. The van der Waals surface area contributed by atoms with Gasteiger partial charge in [0.2, 0.25) is 5.13 Å². The van der Waals surface area contributed by atoms with E-state index in [9.17, 15) is 14.9 Å². The number of benzene rings is 1. The molecule has 0 amide bonds. The molecular weight excluding hydrogens is 308 g/mol. The first-order chi connectivity index (χ1) is 10.6. The maximum absolute atomic E-state index is 10.6. The van der Waals surface area contributed by atoms with Crippen LogP contribution in [0.2, 0.25) is 0 Å². The number of rotatable bonds is 6. The van der Waals surface area contributed by atoms with Gasteiger partial charge in [-0.3, -0.25) is 15.5 Å². The Bertz CT molecular complexity index is 754. The second-order valence-electron chi connectivity index (χ2n) is 3.94. The van der Waals surface area contributed by atoms with Crippen LogP contribution in [0, 0.1) is 10.1 Å². The number of non-ortho nitro benzene ring substituents is 1. The number of carboxylic acid groups (broad SMARTS) is 1. The number of carbonyl (C=O) groups is 1. The fourth-order valence-corrected chi connectivity index (χ4v) is 2.09. The molecule has 0 radical (unpaired) electrons. The van der Waals surface area contributed by atoms with Gasteiger partial charge in [0.25, 0.3) is 5.69 Å².